The van der Waals surface area contributed by atoms with Crippen LogP contribution in [0.4, 0.5) is 0 Å². The number of carbonyl (C=O) groups is 1. The summed E-state index contributed by atoms with van der Waals surface area (Å²) in [6.45, 7) is 0.976. The second-order valence-electron chi connectivity index (χ2n) is 4.84. The fourth-order valence-electron chi connectivity index (χ4n) is 2.58. The van der Waals surface area contributed by atoms with E-state index in [2.05, 4.69) is 29.6 Å². The van der Waals surface area contributed by atoms with E-state index in [1.165, 1.54) is 5.56 Å². The van der Waals surface area contributed by atoms with Gasteiger partial charge in [0, 0.05) is 24.0 Å². The molecule has 1 heterocycles. The highest BCUT2D eigenvalue weighted by atomic mass is 32.2. The predicted octanol–water partition coefficient (Wildman–Crippen LogP) is 2.06. The van der Waals surface area contributed by atoms with Gasteiger partial charge in [-0.25, -0.2) is 0 Å². The van der Waals surface area contributed by atoms with Crippen LogP contribution in [0.3, 0.4) is 0 Å². The third-order valence-corrected chi connectivity index (χ3v) is 4.71. The van der Waals surface area contributed by atoms with Crippen molar-refractivity contribution >= 4 is 17.5 Å². The Balaban J connectivity index is 1.62. The Morgan fingerprint density at radius 1 is 1.29 bits per heavy atom. The highest BCUT2D eigenvalue weighted by Crippen LogP contribution is 2.48. The topological polar surface area (TPSA) is 29.1 Å². The molecule has 3 atom stereocenters. The Kier molecular flexibility index (Phi) is 3.21. The molecule has 3 rings (SSSR count). The Morgan fingerprint density at radius 3 is 2.82 bits per heavy atom. The molecule has 3 unspecified atom stereocenters. The van der Waals surface area contributed by atoms with Crippen LogP contribution in [0, 0.1) is 5.92 Å². The molecule has 1 saturated carbocycles. The Labute approximate surface area is 106 Å². The third-order valence-electron chi connectivity index (χ3n) is 3.65. The van der Waals surface area contributed by atoms with E-state index in [0.717, 1.165) is 24.5 Å². The first-order valence-electron chi connectivity index (χ1n) is 6.26. The van der Waals surface area contributed by atoms with Gasteiger partial charge in [-0.05, 0) is 17.9 Å². The largest absolute Gasteiger partial charge is 0.306 e. The molecule has 3 heteroatoms. The van der Waals surface area contributed by atoms with Crippen LogP contribution in [0.25, 0.3) is 0 Å². The summed E-state index contributed by atoms with van der Waals surface area (Å²) in [7, 11) is 0. The molecule has 1 aromatic rings. The van der Waals surface area contributed by atoms with Gasteiger partial charge in [0.15, 0.2) is 5.78 Å². The minimum atomic E-state index is 0.104. The van der Waals surface area contributed by atoms with Gasteiger partial charge in [0.1, 0.15) is 0 Å². The number of Topliss-reactive ketones (excluding diaryl/α,β-unsaturated/α-hetero) is 1. The van der Waals surface area contributed by atoms with Crippen molar-refractivity contribution in [2.24, 2.45) is 5.92 Å². The minimum absolute atomic E-state index is 0.104. The van der Waals surface area contributed by atoms with Crippen molar-refractivity contribution in [2.45, 2.75) is 18.4 Å². The molecule has 1 N–H and O–H groups in total. The third kappa shape index (κ3) is 2.40. The molecule has 0 aromatic heterocycles. The van der Waals surface area contributed by atoms with E-state index in [-0.39, 0.29) is 12.0 Å². The number of thioether (sulfide) groups is 1. The normalized spacial score (nSPS) is 32.1. The fourth-order valence-corrected chi connectivity index (χ4v) is 3.53. The van der Waals surface area contributed by atoms with E-state index in [0.29, 0.717) is 11.7 Å². The molecule has 1 aromatic carbocycles. The number of benzene rings is 1. The average molecular weight is 247 g/mol. The smallest absolute Gasteiger partial charge is 0.154 e. The lowest BCUT2D eigenvalue weighted by Crippen LogP contribution is -2.44. The summed E-state index contributed by atoms with van der Waals surface area (Å²) < 4.78 is 0. The lowest BCUT2D eigenvalue weighted by Gasteiger charge is -2.21. The van der Waals surface area contributed by atoms with Crippen LogP contribution in [0.15, 0.2) is 30.3 Å². The lowest BCUT2D eigenvalue weighted by atomic mass is 10.0. The molecule has 0 spiro atoms. The second kappa shape index (κ2) is 4.83. The molecule has 1 aliphatic heterocycles. The van der Waals surface area contributed by atoms with Gasteiger partial charge in [-0.3, -0.25) is 4.79 Å². The summed E-state index contributed by atoms with van der Waals surface area (Å²) in [5.41, 5.74) is 1.33. The van der Waals surface area contributed by atoms with Crippen LogP contribution in [-0.2, 0) is 4.79 Å². The molecule has 2 aliphatic rings. The maximum atomic E-state index is 12.3. The van der Waals surface area contributed by atoms with Crippen molar-refractivity contribution in [1.82, 2.24) is 5.32 Å². The number of nitrogens with one attached hydrogen (secondary N) is 1. The summed E-state index contributed by atoms with van der Waals surface area (Å²) in [5, 5.41) is 3.34. The van der Waals surface area contributed by atoms with Gasteiger partial charge >= 0.3 is 0 Å². The van der Waals surface area contributed by atoms with Gasteiger partial charge in [-0.2, -0.15) is 11.8 Å². The van der Waals surface area contributed by atoms with Crippen molar-refractivity contribution in [3.63, 3.8) is 0 Å². The zero-order chi connectivity index (χ0) is 11.7. The van der Waals surface area contributed by atoms with Gasteiger partial charge in [0.25, 0.3) is 0 Å². The molecule has 2 fully saturated rings. The van der Waals surface area contributed by atoms with Crippen LogP contribution in [0.5, 0.6) is 0 Å². The number of rotatable bonds is 3. The van der Waals surface area contributed by atoms with E-state index in [9.17, 15) is 4.79 Å². The Hall–Kier alpha value is -0.800. The van der Waals surface area contributed by atoms with Gasteiger partial charge in [0.05, 0.1) is 6.04 Å². The fraction of sp³-hybridized carbons (Fsp3) is 0.500. The quantitative estimate of drug-likeness (QED) is 0.886. The molecule has 90 valence electrons. The lowest BCUT2D eigenvalue weighted by molar-refractivity contribution is -0.121. The van der Waals surface area contributed by atoms with E-state index >= 15 is 0 Å². The maximum Gasteiger partial charge on any atom is 0.154 e. The van der Waals surface area contributed by atoms with Crippen LogP contribution >= 0.6 is 11.8 Å². The standard InChI is InChI=1S/C14H17NOS/c16-14(13-9-17-7-6-15-13)12-8-11(12)10-4-2-1-3-5-10/h1-5,11-13,15H,6-9H2. The minimum Gasteiger partial charge on any atom is -0.306 e. The molecule has 0 amide bonds. The summed E-state index contributed by atoms with van der Waals surface area (Å²) in [6.07, 6.45) is 1.05. The van der Waals surface area contributed by atoms with Gasteiger partial charge in [-0.15, -0.1) is 0 Å². The Morgan fingerprint density at radius 2 is 2.12 bits per heavy atom. The van der Waals surface area contributed by atoms with Gasteiger partial charge < -0.3 is 5.32 Å². The van der Waals surface area contributed by atoms with Gasteiger partial charge in [0.2, 0.25) is 0 Å². The molecule has 0 radical (unpaired) electrons. The van der Waals surface area contributed by atoms with Crippen molar-refractivity contribution in [3.8, 4) is 0 Å². The van der Waals surface area contributed by atoms with E-state index < -0.39 is 0 Å². The molecule has 17 heavy (non-hydrogen) atoms. The zero-order valence-corrected chi connectivity index (χ0v) is 10.6. The number of carbonyl (C=O) groups excluding carboxylic acids is 1. The first-order chi connectivity index (χ1) is 8.36. The first-order valence-corrected chi connectivity index (χ1v) is 7.41. The summed E-state index contributed by atoms with van der Waals surface area (Å²) in [4.78, 5) is 12.3. The van der Waals surface area contributed by atoms with Crippen LogP contribution < -0.4 is 5.32 Å². The van der Waals surface area contributed by atoms with E-state index in [1.54, 1.807) is 0 Å². The molecule has 1 aliphatic carbocycles. The van der Waals surface area contributed by atoms with Crippen molar-refractivity contribution < 1.29 is 4.79 Å². The second-order valence-corrected chi connectivity index (χ2v) is 5.99. The van der Waals surface area contributed by atoms with Crippen molar-refractivity contribution in [2.75, 3.05) is 18.1 Å². The van der Waals surface area contributed by atoms with E-state index in [4.69, 9.17) is 0 Å². The number of hydrogen-bond acceptors (Lipinski definition) is 3. The van der Waals surface area contributed by atoms with E-state index in [1.807, 2.05) is 17.8 Å². The molecular formula is C14H17NOS. The monoisotopic (exact) mass is 247 g/mol. The summed E-state index contributed by atoms with van der Waals surface area (Å²) >= 11 is 1.89. The predicted molar refractivity (Wildman–Crippen MR) is 71.4 cm³/mol. The number of hydrogen-bond donors (Lipinski definition) is 1. The van der Waals surface area contributed by atoms with Crippen molar-refractivity contribution in [1.29, 1.82) is 0 Å². The Bertz CT molecular complexity index is 400. The summed E-state index contributed by atoms with van der Waals surface area (Å²) in [5.74, 6) is 3.28. The SMILES string of the molecule is O=C(C1CSCCN1)C1CC1c1ccccc1. The molecule has 0 bridgehead atoms. The average Bonchev–Trinajstić information content (AvgIpc) is 3.20. The highest BCUT2D eigenvalue weighted by molar-refractivity contribution is 7.99. The van der Waals surface area contributed by atoms with Crippen molar-refractivity contribution in [3.05, 3.63) is 35.9 Å². The maximum absolute atomic E-state index is 12.3. The van der Waals surface area contributed by atoms with Crippen LogP contribution in [0.1, 0.15) is 17.9 Å². The first kappa shape index (κ1) is 11.3. The zero-order valence-electron chi connectivity index (χ0n) is 9.76. The highest BCUT2D eigenvalue weighted by Gasteiger charge is 2.45. The molecular weight excluding hydrogens is 230 g/mol. The van der Waals surface area contributed by atoms with Crippen LogP contribution in [0.2, 0.25) is 0 Å². The molecule has 1 saturated heterocycles. The van der Waals surface area contributed by atoms with Crippen LogP contribution in [-0.4, -0.2) is 29.9 Å². The summed E-state index contributed by atoms with van der Waals surface area (Å²) in [6, 6.07) is 10.5. The molecule has 2 nitrogen and oxygen atoms in total. The van der Waals surface area contributed by atoms with Gasteiger partial charge in [-0.1, -0.05) is 30.3 Å². The number of ketones is 1.